The molecule has 0 radical (unpaired) electrons. The first-order valence-corrected chi connectivity index (χ1v) is 9.27. The molecular weight excluding hydrogens is 352 g/mol. The van der Waals surface area contributed by atoms with Crippen molar-refractivity contribution in [3.63, 3.8) is 0 Å². The number of thioether (sulfide) groups is 1. The molecule has 1 fully saturated rings. The van der Waals surface area contributed by atoms with Gasteiger partial charge in [0, 0.05) is 6.61 Å². The van der Waals surface area contributed by atoms with Crippen LogP contribution in [-0.4, -0.2) is 45.0 Å². The molecule has 1 saturated heterocycles. The summed E-state index contributed by atoms with van der Waals surface area (Å²) in [7, 11) is 0. The van der Waals surface area contributed by atoms with Gasteiger partial charge in [-0.05, 0) is 24.3 Å². The molecule has 0 saturated carbocycles. The van der Waals surface area contributed by atoms with E-state index in [4.69, 9.17) is 4.74 Å². The van der Waals surface area contributed by atoms with Gasteiger partial charge in [0.1, 0.15) is 0 Å². The lowest BCUT2D eigenvalue weighted by atomic mass is 10.2. The number of rotatable bonds is 6. The monoisotopic (exact) mass is 368 g/mol. The molecule has 1 aliphatic rings. The number of carbonyl (C=O) groups excluding carboxylic acids is 2. The van der Waals surface area contributed by atoms with Gasteiger partial charge in [-0.25, -0.2) is 9.89 Å². The number of thiophene rings is 1. The van der Waals surface area contributed by atoms with E-state index >= 15 is 0 Å². The van der Waals surface area contributed by atoms with Crippen molar-refractivity contribution in [3.05, 3.63) is 32.9 Å². The van der Waals surface area contributed by atoms with Crippen LogP contribution in [0.3, 0.4) is 0 Å². The van der Waals surface area contributed by atoms with E-state index in [0.717, 1.165) is 24.6 Å². The number of amides is 2. The maximum Gasteiger partial charge on any atom is 0.344 e. The molecule has 3 heterocycles. The first-order valence-electron chi connectivity index (χ1n) is 7.41. The van der Waals surface area contributed by atoms with Crippen LogP contribution in [0.1, 0.15) is 22.5 Å². The molecule has 1 atom stereocenters. The predicted octanol–water partition coefficient (Wildman–Crippen LogP) is 0.861. The zero-order valence-corrected chi connectivity index (χ0v) is 14.3. The van der Waals surface area contributed by atoms with Crippen molar-refractivity contribution in [1.29, 1.82) is 0 Å². The highest BCUT2D eigenvalue weighted by Crippen LogP contribution is 2.18. The van der Waals surface area contributed by atoms with E-state index in [1.54, 1.807) is 17.5 Å². The molecule has 2 aromatic heterocycles. The number of aromatic amines is 1. The highest BCUT2D eigenvalue weighted by molar-refractivity contribution is 7.99. The average Bonchev–Trinajstić information content (AvgIpc) is 3.30. The van der Waals surface area contributed by atoms with Crippen LogP contribution < -0.4 is 11.0 Å². The van der Waals surface area contributed by atoms with Gasteiger partial charge in [-0.15, -0.1) is 16.4 Å². The maximum atomic E-state index is 11.9. The smallest absolute Gasteiger partial charge is 0.344 e. The summed E-state index contributed by atoms with van der Waals surface area (Å²) < 4.78 is 6.99. The van der Waals surface area contributed by atoms with Crippen molar-refractivity contribution in [2.45, 2.75) is 30.6 Å². The second kappa shape index (κ2) is 7.77. The summed E-state index contributed by atoms with van der Waals surface area (Å²) in [6.07, 6.45) is 1.87. The Morgan fingerprint density at radius 2 is 2.42 bits per heavy atom. The van der Waals surface area contributed by atoms with Crippen molar-refractivity contribution in [2.75, 3.05) is 12.4 Å². The maximum absolute atomic E-state index is 11.9. The fraction of sp³-hybridized carbons (Fsp3) is 0.429. The van der Waals surface area contributed by atoms with Crippen LogP contribution in [0, 0.1) is 0 Å². The number of nitrogens with one attached hydrogen (secondary N) is 2. The van der Waals surface area contributed by atoms with Crippen LogP contribution in [0.4, 0.5) is 0 Å². The molecule has 0 aliphatic carbocycles. The zero-order valence-electron chi connectivity index (χ0n) is 12.7. The van der Waals surface area contributed by atoms with E-state index in [1.165, 1.54) is 15.9 Å². The van der Waals surface area contributed by atoms with Gasteiger partial charge in [-0.2, -0.15) is 0 Å². The van der Waals surface area contributed by atoms with E-state index in [1.807, 2.05) is 0 Å². The molecule has 8 nitrogen and oxygen atoms in total. The lowest BCUT2D eigenvalue weighted by molar-refractivity contribution is -0.117. The van der Waals surface area contributed by atoms with Crippen LogP contribution in [0.2, 0.25) is 0 Å². The molecular formula is C14H16N4O4S2. The van der Waals surface area contributed by atoms with Crippen LogP contribution in [0.25, 0.3) is 0 Å². The van der Waals surface area contributed by atoms with E-state index in [2.05, 4.69) is 15.5 Å². The summed E-state index contributed by atoms with van der Waals surface area (Å²) >= 11 is 2.37. The summed E-state index contributed by atoms with van der Waals surface area (Å²) in [6.45, 7) is 1.11. The van der Waals surface area contributed by atoms with Gasteiger partial charge in [0.2, 0.25) is 5.91 Å². The SMILES string of the molecule is O=C(CSc1n[nH]c(=O)n1C[C@@H]1CCCO1)NC(=O)c1cccs1. The molecule has 2 amide bonds. The van der Waals surface area contributed by atoms with E-state index in [0.29, 0.717) is 23.2 Å². The quantitative estimate of drug-likeness (QED) is 0.733. The first kappa shape index (κ1) is 16.9. The van der Waals surface area contributed by atoms with Crippen molar-refractivity contribution in [3.8, 4) is 0 Å². The van der Waals surface area contributed by atoms with Crippen LogP contribution in [0.15, 0.2) is 27.5 Å². The Balaban J connectivity index is 1.55. The standard InChI is InChI=1S/C14H16N4O4S2/c19-11(15-12(20)10-4-2-6-23-10)8-24-14-17-16-13(21)18(14)7-9-3-1-5-22-9/h2,4,6,9H,1,3,5,7-8H2,(H,16,21)(H,15,19,20)/t9-/m0/s1. The molecule has 2 N–H and O–H groups in total. The number of H-pyrrole nitrogens is 1. The Hall–Kier alpha value is -1.91. The van der Waals surface area contributed by atoms with Gasteiger partial charge in [0.15, 0.2) is 5.16 Å². The van der Waals surface area contributed by atoms with Crippen molar-refractivity contribution in [2.24, 2.45) is 0 Å². The fourth-order valence-electron chi connectivity index (χ4n) is 2.33. The predicted molar refractivity (Wildman–Crippen MR) is 89.3 cm³/mol. The van der Waals surface area contributed by atoms with Gasteiger partial charge in [-0.1, -0.05) is 17.8 Å². The minimum Gasteiger partial charge on any atom is -0.376 e. The highest BCUT2D eigenvalue weighted by Gasteiger charge is 2.20. The van der Waals surface area contributed by atoms with Gasteiger partial charge in [0.25, 0.3) is 5.91 Å². The Bertz CT molecular complexity index is 762. The summed E-state index contributed by atoms with van der Waals surface area (Å²) in [5, 5.41) is 10.8. The number of imide groups is 1. The third kappa shape index (κ3) is 4.13. The van der Waals surface area contributed by atoms with Gasteiger partial charge in [-0.3, -0.25) is 19.5 Å². The third-order valence-corrected chi connectivity index (χ3v) is 5.31. The van der Waals surface area contributed by atoms with Gasteiger partial charge >= 0.3 is 5.69 Å². The number of hydrogen-bond donors (Lipinski definition) is 2. The molecule has 0 bridgehead atoms. The summed E-state index contributed by atoms with van der Waals surface area (Å²) in [5.41, 5.74) is -0.330. The third-order valence-electron chi connectivity index (χ3n) is 3.46. The largest absolute Gasteiger partial charge is 0.376 e. The van der Waals surface area contributed by atoms with Gasteiger partial charge < -0.3 is 4.74 Å². The van der Waals surface area contributed by atoms with Gasteiger partial charge in [0.05, 0.1) is 23.3 Å². The topological polar surface area (TPSA) is 106 Å². The summed E-state index contributed by atoms with van der Waals surface area (Å²) in [4.78, 5) is 36.0. The Morgan fingerprint density at radius 1 is 1.54 bits per heavy atom. The van der Waals surface area contributed by atoms with Crippen molar-refractivity contribution in [1.82, 2.24) is 20.1 Å². The molecule has 0 aromatic carbocycles. The zero-order chi connectivity index (χ0) is 16.9. The second-order valence-electron chi connectivity index (χ2n) is 5.20. The van der Waals surface area contributed by atoms with Crippen LogP contribution in [0.5, 0.6) is 0 Å². The molecule has 3 rings (SSSR count). The average molecular weight is 368 g/mol. The minimum atomic E-state index is -0.433. The first-order chi connectivity index (χ1) is 11.6. The number of carbonyl (C=O) groups is 2. The number of nitrogens with zero attached hydrogens (tertiary/aromatic N) is 2. The van der Waals surface area contributed by atoms with E-state index in [-0.39, 0.29) is 17.5 Å². The molecule has 10 heteroatoms. The Morgan fingerprint density at radius 3 is 3.12 bits per heavy atom. The second-order valence-corrected chi connectivity index (χ2v) is 7.09. The number of ether oxygens (including phenoxy) is 1. The minimum absolute atomic E-state index is 0.00566. The molecule has 0 spiro atoms. The number of aromatic nitrogens is 3. The fourth-order valence-corrected chi connectivity index (χ4v) is 3.70. The highest BCUT2D eigenvalue weighted by atomic mass is 32.2. The lowest BCUT2D eigenvalue weighted by Gasteiger charge is -2.10. The molecule has 24 heavy (non-hydrogen) atoms. The molecule has 128 valence electrons. The Kier molecular flexibility index (Phi) is 5.48. The van der Waals surface area contributed by atoms with Crippen LogP contribution >= 0.6 is 23.1 Å². The molecule has 0 unspecified atom stereocenters. The lowest BCUT2D eigenvalue weighted by Crippen LogP contribution is -2.31. The van der Waals surface area contributed by atoms with Crippen molar-refractivity contribution < 1.29 is 14.3 Å². The Labute approximate surface area is 145 Å². The summed E-state index contributed by atoms with van der Waals surface area (Å²) in [6, 6.07) is 3.39. The van der Waals surface area contributed by atoms with Crippen LogP contribution in [-0.2, 0) is 16.1 Å². The number of hydrogen-bond acceptors (Lipinski definition) is 7. The molecule has 2 aromatic rings. The normalized spacial score (nSPS) is 17.1. The van der Waals surface area contributed by atoms with Crippen molar-refractivity contribution >= 4 is 34.9 Å². The van der Waals surface area contributed by atoms with E-state index < -0.39 is 11.8 Å². The van der Waals surface area contributed by atoms with E-state index in [9.17, 15) is 14.4 Å². The summed E-state index contributed by atoms with van der Waals surface area (Å²) in [5.74, 6) is -0.862. The molecule has 1 aliphatic heterocycles.